The number of hydrogen-bond acceptors (Lipinski definition) is 4. The molecular weight excluding hydrogens is 428 g/mol. The van der Waals surface area contributed by atoms with E-state index in [4.69, 9.17) is 9.88 Å². The molecule has 11 heteroatoms. The third kappa shape index (κ3) is 3.49. The van der Waals surface area contributed by atoms with E-state index in [2.05, 4.69) is 27.8 Å². The smallest absolute Gasteiger partial charge is 0.354 e. The van der Waals surface area contributed by atoms with Crippen molar-refractivity contribution in [2.75, 3.05) is 11.9 Å². The number of amides is 2. The highest BCUT2D eigenvalue weighted by Gasteiger charge is 2.39. The molecule has 2 heterocycles. The van der Waals surface area contributed by atoms with Crippen LogP contribution in [-0.2, 0) is 35.7 Å². The van der Waals surface area contributed by atoms with Gasteiger partial charge in [-0.15, -0.1) is 4.36 Å². The maximum atomic E-state index is 13.5. The molecule has 1 aliphatic heterocycles. The molecule has 166 valence electrons. The van der Waals surface area contributed by atoms with Crippen LogP contribution in [0.25, 0.3) is 0 Å². The molecule has 2 aliphatic carbocycles. The third-order valence-corrected chi connectivity index (χ3v) is 7.54. The molecule has 2 amide bonds. The number of halogens is 2. The van der Waals surface area contributed by atoms with E-state index >= 15 is 0 Å². The Labute approximate surface area is 178 Å². The number of nitrogens with zero attached hydrogens (tertiary/aromatic N) is 3. The zero-order chi connectivity index (χ0) is 22.0. The van der Waals surface area contributed by atoms with Crippen LogP contribution in [0, 0.1) is 0 Å². The van der Waals surface area contributed by atoms with Gasteiger partial charge in [0.1, 0.15) is 11.4 Å². The van der Waals surface area contributed by atoms with Crippen LogP contribution in [0.15, 0.2) is 21.5 Å². The van der Waals surface area contributed by atoms with Crippen LogP contribution in [0.1, 0.15) is 47.9 Å². The van der Waals surface area contributed by atoms with Crippen LogP contribution >= 0.6 is 0 Å². The topological polar surface area (TPSA) is 112 Å². The first-order chi connectivity index (χ1) is 14.6. The summed E-state index contributed by atoms with van der Waals surface area (Å²) in [6, 6.07) is 1.40. The van der Waals surface area contributed by atoms with Gasteiger partial charge in [0.25, 0.3) is 0 Å². The number of aryl methyl sites for hydroxylation is 2. The Kier molecular flexibility index (Phi) is 4.60. The quantitative estimate of drug-likeness (QED) is 0.729. The van der Waals surface area contributed by atoms with E-state index in [-0.39, 0.29) is 10.8 Å². The van der Waals surface area contributed by atoms with Crippen molar-refractivity contribution in [2.24, 2.45) is 9.50 Å². The first kappa shape index (κ1) is 20.4. The molecule has 2 atom stereocenters. The average molecular weight is 451 g/mol. The molecule has 2 unspecified atom stereocenters. The SMILES string of the molecule is CC1CCc2cc3c(c(NC(=O)N=S(N)(=O)c4cnn5c4OCC(F)(F)C5)c21)CCC3. The summed E-state index contributed by atoms with van der Waals surface area (Å²) in [6.45, 7) is 0.524. The van der Waals surface area contributed by atoms with Gasteiger partial charge in [0.15, 0.2) is 16.5 Å². The number of benzene rings is 1. The van der Waals surface area contributed by atoms with Crippen LogP contribution in [0.3, 0.4) is 0 Å². The molecule has 3 N–H and O–H groups in total. The number of nitrogens with two attached hydrogens (primary N) is 1. The summed E-state index contributed by atoms with van der Waals surface area (Å²) in [7, 11) is -3.75. The van der Waals surface area contributed by atoms with Crippen LogP contribution < -0.4 is 15.2 Å². The standard InChI is InChI=1S/C20H23F2N5O3S/c1-11-5-6-13-7-12-3-2-4-14(12)17(16(11)13)25-19(28)26-31(23,29)15-8-24-27-9-20(21,22)10-30-18(15)27/h7-8,11H,2-6,9-10H2,1H3,(H3,23,25,26,28,29). The first-order valence-corrected chi connectivity index (χ1v) is 11.8. The fourth-order valence-corrected chi connectivity index (χ4v) is 5.81. The molecular formula is C20H23F2N5O3S. The number of ether oxygens (including phenoxy) is 1. The van der Waals surface area contributed by atoms with Crippen molar-refractivity contribution in [3.63, 3.8) is 0 Å². The Morgan fingerprint density at radius 2 is 2.19 bits per heavy atom. The van der Waals surface area contributed by atoms with Gasteiger partial charge in [-0.2, -0.15) is 5.10 Å². The molecule has 5 rings (SSSR count). The lowest BCUT2D eigenvalue weighted by molar-refractivity contribution is -0.0805. The molecule has 0 radical (unpaired) electrons. The third-order valence-electron chi connectivity index (χ3n) is 6.19. The maximum absolute atomic E-state index is 13.5. The molecule has 0 fully saturated rings. The number of aromatic nitrogens is 2. The van der Waals surface area contributed by atoms with Gasteiger partial charge in [0.05, 0.1) is 6.20 Å². The van der Waals surface area contributed by atoms with Gasteiger partial charge in [-0.1, -0.05) is 13.0 Å². The van der Waals surface area contributed by atoms with Gasteiger partial charge in [0.2, 0.25) is 5.88 Å². The van der Waals surface area contributed by atoms with Crippen LogP contribution in [0.5, 0.6) is 5.88 Å². The Balaban J connectivity index is 1.48. The van der Waals surface area contributed by atoms with E-state index in [9.17, 15) is 17.8 Å². The van der Waals surface area contributed by atoms with Gasteiger partial charge in [-0.3, -0.25) is 0 Å². The number of fused-ring (bicyclic) bond motifs is 3. The van der Waals surface area contributed by atoms with E-state index in [0.29, 0.717) is 5.92 Å². The fraction of sp³-hybridized carbons (Fsp3) is 0.500. The lowest BCUT2D eigenvalue weighted by atomic mass is 9.95. The highest BCUT2D eigenvalue weighted by molar-refractivity contribution is 7.91. The lowest BCUT2D eigenvalue weighted by Gasteiger charge is -2.24. The maximum Gasteiger partial charge on any atom is 0.354 e. The first-order valence-electron chi connectivity index (χ1n) is 10.2. The van der Waals surface area contributed by atoms with Gasteiger partial charge >= 0.3 is 12.0 Å². The molecule has 0 spiro atoms. The molecule has 0 saturated heterocycles. The lowest BCUT2D eigenvalue weighted by Crippen LogP contribution is -2.37. The Bertz CT molecular complexity index is 1220. The Morgan fingerprint density at radius 3 is 3.00 bits per heavy atom. The number of carbonyl (C=O) groups is 1. The Morgan fingerprint density at radius 1 is 1.39 bits per heavy atom. The van der Waals surface area contributed by atoms with Crippen molar-refractivity contribution < 1.29 is 22.5 Å². The number of anilines is 1. The monoisotopic (exact) mass is 451 g/mol. The summed E-state index contributed by atoms with van der Waals surface area (Å²) in [5, 5.41) is 12.5. The van der Waals surface area contributed by atoms with Gasteiger partial charge in [-0.25, -0.2) is 27.6 Å². The summed E-state index contributed by atoms with van der Waals surface area (Å²) >= 11 is 0. The summed E-state index contributed by atoms with van der Waals surface area (Å²) in [5.41, 5.74) is 5.44. The van der Waals surface area contributed by atoms with Crippen molar-refractivity contribution in [3.8, 4) is 5.88 Å². The molecule has 0 bridgehead atoms. The molecule has 2 aromatic rings. The average Bonchev–Trinajstić information content (AvgIpc) is 3.38. The van der Waals surface area contributed by atoms with Crippen molar-refractivity contribution in [2.45, 2.75) is 62.3 Å². The van der Waals surface area contributed by atoms with E-state index < -0.39 is 35.0 Å². The number of nitrogens with one attached hydrogen (secondary N) is 1. The predicted octanol–water partition coefficient (Wildman–Crippen LogP) is 3.38. The fourth-order valence-electron chi connectivity index (χ4n) is 4.81. The molecule has 31 heavy (non-hydrogen) atoms. The minimum Gasteiger partial charge on any atom is -0.470 e. The summed E-state index contributed by atoms with van der Waals surface area (Å²) < 4.78 is 49.7. The highest BCUT2D eigenvalue weighted by Crippen LogP contribution is 2.44. The number of carbonyl (C=O) groups excluding carboxylic acids is 1. The van der Waals surface area contributed by atoms with Gasteiger partial charge in [-0.05, 0) is 60.3 Å². The molecule has 1 aromatic carbocycles. The van der Waals surface area contributed by atoms with E-state index in [0.717, 1.165) is 59.8 Å². The highest BCUT2D eigenvalue weighted by atomic mass is 32.2. The van der Waals surface area contributed by atoms with E-state index in [1.807, 2.05) is 0 Å². The van der Waals surface area contributed by atoms with Crippen molar-refractivity contribution in [1.82, 2.24) is 9.78 Å². The molecule has 3 aliphatic rings. The van der Waals surface area contributed by atoms with Crippen molar-refractivity contribution in [3.05, 3.63) is 34.5 Å². The normalized spacial score (nSPS) is 22.6. The second-order valence-corrected chi connectivity index (χ2v) is 10.2. The minimum atomic E-state index is -3.75. The van der Waals surface area contributed by atoms with Crippen molar-refractivity contribution >= 4 is 21.6 Å². The predicted molar refractivity (Wildman–Crippen MR) is 110 cm³/mol. The van der Waals surface area contributed by atoms with E-state index in [1.165, 1.54) is 11.1 Å². The van der Waals surface area contributed by atoms with Gasteiger partial charge in [0, 0.05) is 5.69 Å². The zero-order valence-electron chi connectivity index (χ0n) is 17.0. The Hall–Kier alpha value is -2.53. The van der Waals surface area contributed by atoms with Crippen molar-refractivity contribution in [1.29, 1.82) is 0 Å². The second kappa shape index (κ2) is 6.99. The number of hydrogen-bond donors (Lipinski definition) is 2. The summed E-state index contributed by atoms with van der Waals surface area (Å²) in [5.74, 6) is -2.94. The zero-order valence-corrected chi connectivity index (χ0v) is 17.8. The van der Waals surface area contributed by atoms with Crippen LogP contribution in [0.2, 0.25) is 0 Å². The number of rotatable bonds is 2. The van der Waals surface area contributed by atoms with Gasteiger partial charge < -0.3 is 10.1 Å². The molecule has 1 aromatic heterocycles. The van der Waals surface area contributed by atoms with E-state index in [1.54, 1.807) is 0 Å². The van der Waals surface area contributed by atoms with Crippen LogP contribution in [0.4, 0.5) is 19.3 Å². The molecule has 8 nitrogen and oxygen atoms in total. The van der Waals surface area contributed by atoms with Crippen LogP contribution in [-0.4, -0.2) is 32.5 Å². The summed E-state index contributed by atoms with van der Waals surface area (Å²) in [4.78, 5) is 12.6. The number of urea groups is 1. The summed E-state index contributed by atoms with van der Waals surface area (Å²) in [6.07, 6.45) is 5.88. The second-order valence-electron chi connectivity index (χ2n) is 8.46. The molecule has 0 saturated carbocycles. The number of alkyl halides is 2. The largest absolute Gasteiger partial charge is 0.470 e. The minimum absolute atomic E-state index is 0.148.